The summed E-state index contributed by atoms with van der Waals surface area (Å²) in [6.45, 7) is 6.75. The molecule has 0 heterocycles. The van der Waals surface area contributed by atoms with E-state index >= 15 is 0 Å². The first kappa shape index (κ1) is 13.2. The molecule has 1 rings (SSSR count). The van der Waals surface area contributed by atoms with Crippen LogP contribution in [-0.2, 0) is 0 Å². The smallest absolute Gasteiger partial charge is 0.0668 e. The molecule has 90 valence electrons. The molecule has 1 aromatic rings. The van der Waals surface area contributed by atoms with Crippen molar-refractivity contribution in [2.24, 2.45) is 5.73 Å². The molecule has 2 unspecified atom stereocenters. The first-order valence-corrected chi connectivity index (χ1v) is 6.03. The third kappa shape index (κ3) is 3.32. The average molecular weight is 221 g/mol. The number of aryl methyl sites for hydroxylation is 2. The summed E-state index contributed by atoms with van der Waals surface area (Å²) in [4.78, 5) is 0. The number of hydrogen-bond acceptors (Lipinski definition) is 2. The SMILES string of the molecule is CCC(CC(O)CN)c1ccc(C)c(C)c1. The average Bonchev–Trinajstić information content (AvgIpc) is 2.29. The first-order chi connectivity index (χ1) is 7.58. The Morgan fingerprint density at radius 1 is 1.25 bits per heavy atom. The van der Waals surface area contributed by atoms with E-state index in [0.717, 1.165) is 12.8 Å². The molecular formula is C14H23NO. The molecule has 0 aromatic heterocycles. The third-order valence-electron chi connectivity index (χ3n) is 3.32. The van der Waals surface area contributed by atoms with E-state index in [1.165, 1.54) is 16.7 Å². The van der Waals surface area contributed by atoms with Crippen LogP contribution in [0.25, 0.3) is 0 Å². The van der Waals surface area contributed by atoms with E-state index in [1.54, 1.807) is 0 Å². The lowest BCUT2D eigenvalue weighted by Gasteiger charge is -2.19. The van der Waals surface area contributed by atoms with Gasteiger partial charge in [0.1, 0.15) is 0 Å². The molecule has 1 aromatic carbocycles. The van der Waals surface area contributed by atoms with Crippen molar-refractivity contribution < 1.29 is 5.11 Å². The fourth-order valence-electron chi connectivity index (χ4n) is 1.98. The Labute approximate surface area is 98.5 Å². The van der Waals surface area contributed by atoms with Crippen LogP contribution >= 0.6 is 0 Å². The maximum Gasteiger partial charge on any atom is 0.0668 e. The Bertz CT molecular complexity index is 336. The molecule has 0 aliphatic heterocycles. The lowest BCUT2D eigenvalue weighted by Crippen LogP contribution is -2.22. The van der Waals surface area contributed by atoms with Crippen molar-refractivity contribution in [1.29, 1.82) is 0 Å². The topological polar surface area (TPSA) is 46.2 Å². The molecule has 16 heavy (non-hydrogen) atoms. The van der Waals surface area contributed by atoms with E-state index < -0.39 is 0 Å². The fraction of sp³-hybridized carbons (Fsp3) is 0.571. The quantitative estimate of drug-likeness (QED) is 0.802. The Balaban J connectivity index is 2.82. The highest BCUT2D eigenvalue weighted by Crippen LogP contribution is 2.26. The van der Waals surface area contributed by atoms with Crippen molar-refractivity contribution >= 4 is 0 Å². The highest BCUT2D eigenvalue weighted by Gasteiger charge is 2.14. The van der Waals surface area contributed by atoms with Crippen molar-refractivity contribution in [1.82, 2.24) is 0 Å². The third-order valence-corrected chi connectivity index (χ3v) is 3.32. The standard InChI is InChI=1S/C14H23NO/c1-4-12(8-14(16)9-15)13-6-5-10(2)11(3)7-13/h5-7,12,14,16H,4,8-9,15H2,1-3H3. The highest BCUT2D eigenvalue weighted by atomic mass is 16.3. The molecule has 0 saturated carbocycles. The maximum atomic E-state index is 9.62. The van der Waals surface area contributed by atoms with Gasteiger partial charge in [-0.25, -0.2) is 0 Å². The molecule has 2 atom stereocenters. The van der Waals surface area contributed by atoms with E-state index in [9.17, 15) is 5.11 Å². The van der Waals surface area contributed by atoms with Gasteiger partial charge in [-0.15, -0.1) is 0 Å². The van der Waals surface area contributed by atoms with E-state index in [-0.39, 0.29) is 6.10 Å². The summed E-state index contributed by atoms with van der Waals surface area (Å²) in [6, 6.07) is 6.55. The normalized spacial score (nSPS) is 14.8. The molecule has 0 spiro atoms. The molecule has 0 aliphatic rings. The Hall–Kier alpha value is -0.860. The minimum Gasteiger partial charge on any atom is -0.392 e. The van der Waals surface area contributed by atoms with Gasteiger partial charge in [0.05, 0.1) is 6.10 Å². The van der Waals surface area contributed by atoms with Gasteiger partial charge in [-0.05, 0) is 49.3 Å². The molecule has 0 bridgehead atoms. The zero-order valence-corrected chi connectivity index (χ0v) is 10.5. The summed E-state index contributed by atoms with van der Waals surface area (Å²) >= 11 is 0. The molecule has 3 N–H and O–H groups in total. The van der Waals surface area contributed by atoms with Crippen molar-refractivity contribution in [3.8, 4) is 0 Å². The van der Waals surface area contributed by atoms with Crippen molar-refractivity contribution in [2.75, 3.05) is 6.54 Å². The molecule has 2 heteroatoms. The van der Waals surface area contributed by atoms with Crippen molar-refractivity contribution in [3.63, 3.8) is 0 Å². The fourth-order valence-corrected chi connectivity index (χ4v) is 1.98. The molecule has 0 amide bonds. The van der Waals surface area contributed by atoms with Gasteiger partial charge in [0.25, 0.3) is 0 Å². The van der Waals surface area contributed by atoms with Crippen LogP contribution in [0.5, 0.6) is 0 Å². The number of benzene rings is 1. The van der Waals surface area contributed by atoms with Crippen molar-refractivity contribution in [3.05, 3.63) is 34.9 Å². The number of nitrogens with two attached hydrogens (primary N) is 1. The van der Waals surface area contributed by atoms with Gasteiger partial charge < -0.3 is 10.8 Å². The molecular weight excluding hydrogens is 198 g/mol. The van der Waals surface area contributed by atoms with Gasteiger partial charge in [-0.2, -0.15) is 0 Å². The Kier molecular flexibility index (Phi) is 4.97. The monoisotopic (exact) mass is 221 g/mol. The van der Waals surface area contributed by atoms with Crippen LogP contribution in [0.2, 0.25) is 0 Å². The van der Waals surface area contributed by atoms with Gasteiger partial charge in [0.15, 0.2) is 0 Å². The number of rotatable bonds is 5. The van der Waals surface area contributed by atoms with Crippen LogP contribution in [0, 0.1) is 13.8 Å². The molecule has 0 saturated heterocycles. The second kappa shape index (κ2) is 6.02. The van der Waals surface area contributed by atoms with E-state index in [2.05, 4.69) is 39.0 Å². The van der Waals surface area contributed by atoms with Crippen LogP contribution in [-0.4, -0.2) is 17.8 Å². The van der Waals surface area contributed by atoms with Gasteiger partial charge in [-0.3, -0.25) is 0 Å². The lowest BCUT2D eigenvalue weighted by molar-refractivity contribution is 0.162. The maximum absolute atomic E-state index is 9.62. The summed E-state index contributed by atoms with van der Waals surface area (Å²) in [5.41, 5.74) is 9.41. The minimum atomic E-state index is -0.383. The summed E-state index contributed by atoms with van der Waals surface area (Å²) in [5.74, 6) is 0.415. The van der Waals surface area contributed by atoms with Gasteiger partial charge in [0, 0.05) is 6.54 Å². The van der Waals surface area contributed by atoms with E-state index in [0.29, 0.717) is 12.5 Å². The Morgan fingerprint density at radius 3 is 2.44 bits per heavy atom. The van der Waals surface area contributed by atoms with Crippen LogP contribution in [0.3, 0.4) is 0 Å². The summed E-state index contributed by atoms with van der Waals surface area (Å²) in [7, 11) is 0. The largest absolute Gasteiger partial charge is 0.392 e. The van der Waals surface area contributed by atoms with Gasteiger partial charge >= 0.3 is 0 Å². The highest BCUT2D eigenvalue weighted by molar-refractivity contribution is 5.32. The van der Waals surface area contributed by atoms with Gasteiger partial charge in [-0.1, -0.05) is 25.1 Å². The van der Waals surface area contributed by atoms with Crippen LogP contribution < -0.4 is 5.73 Å². The second-order valence-corrected chi connectivity index (χ2v) is 4.57. The molecule has 0 aliphatic carbocycles. The summed E-state index contributed by atoms with van der Waals surface area (Å²) in [6.07, 6.45) is 1.42. The number of aliphatic hydroxyl groups excluding tert-OH is 1. The van der Waals surface area contributed by atoms with Gasteiger partial charge in [0.2, 0.25) is 0 Å². The van der Waals surface area contributed by atoms with Crippen LogP contribution in [0.4, 0.5) is 0 Å². The second-order valence-electron chi connectivity index (χ2n) is 4.57. The summed E-state index contributed by atoms with van der Waals surface area (Å²) < 4.78 is 0. The lowest BCUT2D eigenvalue weighted by atomic mass is 9.89. The van der Waals surface area contributed by atoms with Crippen LogP contribution in [0.1, 0.15) is 42.4 Å². The minimum absolute atomic E-state index is 0.349. The number of aliphatic hydroxyl groups is 1. The Morgan fingerprint density at radius 2 is 1.94 bits per heavy atom. The number of hydrogen-bond donors (Lipinski definition) is 2. The zero-order valence-electron chi connectivity index (χ0n) is 10.5. The zero-order chi connectivity index (χ0) is 12.1. The summed E-state index contributed by atoms with van der Waals surface area (Å²) in [5, 5.41) is 9.62. The van der Waals surface area contributed by atoms with Crippen LogP contribution in [0.15, 0.2) is 18.2 Å². The molecule has 0 fully saturated rings. The van der Waals surface area contributed by atoms with E-state index in [4.69, 9.17) is 5.73 Å². The predicted octanol–water partition coefficient (Wildman–Crippen LogP) is 2.51. The predicted molar refractivity (Wildman–Crippen MR) is 68.6 cm³/mol. The van der Waals surface area contributed by atoms with Crippen molar-refractivity contribution in [2.45, 2.75) is 45.6 Å². The molecule has 0 radical (unpaired) electrons. The molecule has 2 nitrogen and oxygen atoms in total. The van der Waals surface area contributed by atoms with E-state index in [1.807, 2.05) is 0 Å². The first-order valence-electron chi connectivity index (χ1n) is 6.03.